The maximum Gasteiger partial charge on any atom is 0.142 e. The first-order valence-electron chi connectivity index (χ1n) is 11.7. The molecule has 0 saturated heterocycles. The van der Waals surface area contributed by atoms with Crippen LogP contribution in [0.3, 0.4) is 0 Å². The number of nitrogens with zero attached hydrogens (tertiary/aromatic N) is 2. The van der Waals surface area contributed by atoms with Gasteiger partial charge in [-0.1, -0.05) is 111 Å². The fraction of sp³-hybridized carbons (Fsp3) is 0.0938. The van der Waals surface area contributed by atoms with Crippen molar-refractivity contribution in [1.29, 1.82) is 0 Å². The Kier molecular flexibility index (Phi) is 4.81. The van der Waals surface area contributed by atoms with Crippen molar-refractivity contribution in [2.24, 2.45) is 0 Å². The number of aromatic nitrogens is 1. The third kappa shape index (κ3) is 3.31. The molecule has 0 amide bonds. The molecule has 1 aliphatic rings. The quantitative estimate of drug-likeness (QED) is 0.281. The number of pyridine rings is 1. The van der Waals surface area contributed by atoms with Crippen LogP contribution >= 0.6 is 0 Å². The van der Waals surface area contributed by atoms with E-state index in [9.17, 15) is 0 Å². The number of hydrogen-bond acceptors (Lipinski definition) is 2. The summed E-state index contributed by atoms with van der Waals surface area (Å²) in [6.45, 7) is 4.60. The molecule has 0 bridgehead atoms. The average molecular weight is 439 g/mol. The molecule has 0 spiro atoms. The van der Waals surface area contributed by atoms with E-state index in [1.807, 2.05) is 6.07 Å². The minimum Gasteiger partial charge on any atom is -0.294 e. The van der Waals surface area contributed by atoms with Gasteiger partial charge in [0.2, 0.25) is 0 Å². The second kappa shape index (κ2) is 8.00. The van der Waals surface area contributed by atoms with Gasteiger partial charge in [-0.3, -0.25) is 4.90 Å². The molecule has 2 heterocycles. The van der Waals surface area contributed by atoms with Gasteiger partial charge < -0.3 is 0 Å². The van der Waals surface area contributed by atoms with Crippen LogP contribution in [0.4, 0.5) is 17.2 Å². The second-order valence-electron chi connectivity index (χ2n) is 9.33. The van der Waals surface area contributed by atoms with E-state index in [2.05, 4.69) is 134 Å². The molecule has 1 aliphatic heterocycles. The fourth-order valence-corrected chi connectivity index (χ4v) is 5.05. The monoisotopic (exact) mass is 438 g/mol. The molecule has 4 aromatic carbocycles. The highest BCUT2D eigenvalue weighted by Crippen LogP contribution is 2.51. The Morgan fingerprint density at radius 1 is 0.559 bits per heavy atom. The lowest BCUT2D eigenvalue weighted by molar-refractivity contribution is 0.628. The molecule has 2 nitrogen and oxygen atoms in total. The molecule has 0 radical (unpaired) electrons. The van der Waals surface area contributed by atoms with Gasteiger partial charge in [0.1, 0.15) is 5.82 Å². The van der Waals surface area contributed by atoms with Crippen LogP contribution < -0.4 is 4.90 Å². The molecule has 0 N–H and O–H groups in total. The van der Waals surface area contributed by atoms with Gasteiger partial charge in [-0.25, -0.2) is 4.98 Å². The van der Waals surface area contributed by atoms with Crippen molar-refractivity contribution in [2.75, 3.05) is 4.90 Å². The van der Waals surface area contributed by atoms with Crippen LogP contribution in [0.2, 0.25) is 0 Å². The van der Waals surface area contributed by atoms with Gasteiger partial charge in [0, 0.05) is 22.2 Å². The zero-order chi connectivity index (χ0) is 23.1. The van der Waals surface area contributed by atoms with Crippen molar-refractivity contribution in [3.8, 4) is 22.4 Å². The maximum atomic E-state index is 5.26. The van der Waals surface area contributed by atoms with Crippen molar-refractivity contribution in [2.45, 2.75) is 19.3 Å². The summed E-state index contributed by atoms with van der Waals surface area (Å²) < 4.78 is 0. The summed E-state index contributed by atoms with van der Waals surface area (Å²) in [5.41, 5.74) is 9.20. The summed E-state index contributed by atoms with van der Waals surface area (Å²) in [4.78, 5) is 7.59. The molecule has 2 heteroatoms. The Bertz CT molecular complexity index is 1470. The Morgan fingerprint density at radius 3 is 1.97 bits per heavy atom. The highest BCUT2D eigenvalue weighted by Gasteiger charge is 2.38. The van der Waals surface area contributed by atoms with Crippen LogP contribution in [0, 0.1) is 0 Å². The number of rotatable bonds is 3. The van der Waals surface area contributed by atoms with Crippen LogP contribution in [0.5, 0.6) is 0 Å². The van der Waals surface area contributed by atoms with Crippen molar-refractivity contribution in [1.82, 2.24) is 4.98 Å². The zero-order valence-electron chi connectivity index (χ0n) is 19.4. The Balaban J connectivity index is 1.59. The Labute approximate surface area is 201 Å². The second-order valence-corrected chi connectivity index (χ2v) is 9.33. The van der Waals surface area contributed by atoms with Crippen molar-refractivity contribution < 1.29 is 0 Å². The van der Waals surface area contributed by atoms with E-state index < -0.39 is 0 Å². The number of fused-ring (bicyclic) bond motifs is 2. The standard InChI is InChI=1S/C32H26N2/c1-32(2)27-18-9-10-19-30(27)34(26-17-11-16-25(22-26)23-12-5-3-6-13-23)31-28(32)20-21-29(33-31)24-14-7-4-8-15-24/h3-22H,1-2H3. The third-order valence-electron chi connectivity index (χ3n) is 6.86. The first-order chi connectivity index (χ1) is 16.6. The Hall–Kier alpha value is -4.17. The topological polar surface area (TPSA) is 16.1 Å². The highest BCUT2D eigenvalue weighted by atomic mass is 15.2. The van der Waals surface area contributed by atoms with E-state index in [1.165, 1.54) is 27.9 Å². The van der Waals surface area contributed by atoms with Crippen LogP contribution in [-0.2, 0) is 5.41 Å². The molecule has 0 fully saturated rings. The van der Waals surface area contributed by atoms with Gasteiger partial charge in [0.25, 0.3) is 0 Å². The Morgan fingerprint density at radius 2 is 1.21 bits per heavy atom. The average Bonchev–Trinajstić information content (AvgIpc) is 2.90. The van der Waals surface area contributed by atoms with E-state index in [4.69, 9.17) is 4.98 Å². The lowest BCUT2D eigenvalue weighted by atomic mass is 9.74. The molecule has 0 aliphatic carbocycles. The van der Waals surface area contributed by atoms with E-state index in [-0.39, 0.29) is 5.41 Å². The first-order valence-corrected chi connectivity index (χ1v) is 11.7. The molecule has 0 unspecified atom stereocenters. The summed E-state index contributed by atoms with van der Waals surface area (Å²) in [5, 5.41) is 0. The van der Waals surface area contributed by atoms with Gasteiger partial charge in [0.05, 0.1) is 11.4 Å². The van der Waals surface area contributed by atoms with Crippen LogP contribution in [-0.4, -0.2) is 4.98 Å². The molecule has 5 aromatic rings. The van der Waals surface area contributed by atoms with Crippen molar-refractivity contribution in [3.05, 3.63) is 132 Å². The maximum absolute atomic E-state index is 5.26. The van der Waals surface area contributed by atoms with Gasteiger partial charge >= 0.3 is 0 Å². The third-order valence-corrected chi connectivity index (χ3v) is 6.86. The fourth-order valence-electron chi connectivity index (χ4n) is 5.05. The van der Waals surface area contributed by atoms with Gasteiger partial charge in [0.15, 0.2) is 0 Å². The number of anilines is 3. The summed E-state index contributed by atoms with van der Waals surface area (Å²) in [6.07, 6.45) is 0. The molecule has 164 valence electrons. The van der Waals surface area contributed by atoms with E-state index in [1.54, 1.807) is 0 Å². The van der Waals surface area contributed by atoms with Gasteiger partial charge in [-0.05, 0) is 41.0 Å². The minimum absolute atomic E-state index is 0.151. The van der Waals surface area contributed by atoms with Crippen molar-refractivity contribution >= 4 is 17.2 Å². The molecule has 0 saturated carbocycles. The summed E-state index contributed by atoms with van der Waals surface area (Å²) in [6, 6.07) is 42.9. The predicted octanol–water partition coefficient (Wildman–Crippen LogP) is 8.52. The molecular formula is C32H26N2. The predicted molar refractivity (Wildman–Crippen MR) is 142 cm³/mol. The molecule has 1 aromatic heterocycles. The number of para-hydroxylation sites is 1. The number of benzene rings is 4. The van der Waals surface area contributed by atoms with E-state index in [0.29, 0.717) is 0 Å². The minimum atomic E-state index is -0.151. The summed E-state index contributed by atoms with van der Waals surface area (Å²) >= 11 is 0. The first kappa shape index (κ1) is 20.4. The molecule has 6 rings (SSSR count). The smallest absolute Gasteiger partial charge is 0.142 e. The highest BCUT2D eigenvalue weighted by molar-refractivity contribution is 5.86. The lowest BCUT2D eigenvalue weighted by Gasteiger charge is -2.41. The van der Waals surface area contributed by atoms with Crippen LogP contribution in [0.1, 0.15) is 25.0 Å². The van der Waals surface area contributed by atoms with Crippen LogP contribution in [0.15, 0.2) is 121 Å². The zero-order valence-corrected chi connectivity index (χ0v) is 19.4. The van der Waals surface area contributed by atoms with Gasteiger partial charge in [-0.15, -0.1) is 0 Å². The van der Waals surface area contributed by atoms with Crippen molar-refractivity contribution in [3.63, 3.8) is 0 Å². The lowest BCUT2D eigenvalue weighted by Crippen LogP contribution is -2.31. The van der Waals surface area contributed by atoms with E-state index >= 15 is 0 Å². The van der Waals surface area contributed by atoms with Gasteiger partial charge in [-0.2, -0.15) is 0 Å². The number of hydrogen-bond donors (Lipinski definition) is 0. The molecule has 34 heavy (non-hydrogen) atoms. The van der Waals surface area contributed by atoms with Crippen LogP contribution in [0.25, 0.3) is 22.4 Å². The normalized spacial score (nSPS) is 13.8. The largest absolute Gasteiger partial charge is 0.294 e. The van der Waals surface area contributed by atoms with E-state index in [0.717, 1.165) is 22.8 Å². The molecule has 0 atom stereocenters. The summed E-state index contributed by atoms with van der Waals surface area (Å²) in [7, 11) is 0. The molecular weight excluding hydrogens is 412 g/mol. The summed E-state index contributed by atoms with van der Waals surface area (Å²) in [5.74, 6) is 0.996. The SMILES string of the molecule is CC1(C)c2ccccc2N(c2cccc(-c3ccccc3)c2)c2nc(-c3ccccc3)ccc21.